The Bertz CT molecular complexity index is 967. The second kappa shape index (κ2) is 9.36. The fourth-order valence-corrected chi connectivity index (χ4v) is 2.68. The Balaban J connectivity index is 1.47. The predicted octanol–water partition coefficient (Wildman–Crippen LogP) is 3.68. The number of hydrogen-bond donors (Lipinski definition) is 3. The van der Waals surface area contributed by atoms with Gasteiger partial charge in [-0.05, 0) is 55.5 Å². The van der Waals surface area contributed by atoms with E-state index in [0.717, 1.165) is 0 Å². The van der Waals surface area contributed by atoms with E-state index in [2.05, 4.69) is 16.0 Å². The molecule has 3 N–H and O–H groups in total. The molecule has 0 aliphatic heterocycles. The number of nitrogens with one attached hydrogen (secondary N) is 3. The molecule has 0 aliphatic carbocycles. The predicted molar refractivity (Wildman–Crippen MR) is 110 cm³/mol. The van der Waals surface area contributed by atoms with Gasteiger partial charge in [-0.25, -0.2) is 0 Å². The van der Waals surface area contributed by atoms with Gasteiger partial charge in [-0.3, -0.25) is 14.4 Å². The van der Waals surface area contributed by atoms with Crippen LogP contribution in [0.2, 0.25) is 0 Å². The highest BCUT2D eigenvalue weighted by atomic mass is 16.3. The minimum absolute atomic E-state index is 0.134. The number of hydrogen-bond acceptors (Lipinski definition) is 4. The van der Waals surface area contributed by atoms with E-state index in [-0.39, 0.29) is 35.9 Å². The van der Waals surface area contributed by atoms with Crippen molar-refractivity contribution in [1.82, 2.24) is 5.32 Å². The minimum atomic E-state index is -0.352. The van der Waals surface area contributed by atoms with Crippen LogP contribution in [-0.4, -0.2) is 23.8 Å². The lowest BCUT2D eigenvalue weighted by atomic mass is 10.1. The molecule has 1 atom stereocenters. The summed E-state index contributed by atoms with van der Waals surface area (Å²) < 4.78 is 5.04. The second-order valence-corrected chi connectivity index (χ2v) is 6.50. The van der Waals surface area contributed by atoms with Crippen LogP contribution in [0.25, 0.3) is 0 Å². The molecule has 3 amide bonds. The van der Waals surface area contributed by atoms with E-state index >= 15 is 0 Å². The largest absolute Gasteiger partial charge is 0.459 e. The molecule has 7 heteroatoms. The van der Waals surface area contributed by atoms with Crippen LogP contribution in [-0.2, 0) is 4.79 Å². The summed E-state index contributed by atoms with van der Waals surface area (Å²) in [5.74, 6) is -0.579. The van der Waals surface area contributed by atoms with Crippen molar-refractivity contribution in [2.45, 2.75) is 19.4 Å². The van der Waals surface area contributed by atoms with Crippen LogP contribution in [0.15, 0.2) is 77.4 Å². The quantitative estimate of drug-likeness (QED) is 0.572. The Morgan fingerprint density at radius 1 is 0.828 bits per heavy atom. The molecule has 3 rings (SSSR count). The summed E-state index contributed by atoms with van der Waals surface area (Å²) in [6.07, 6.45) is 1.56. The zero-order valence-electron chi connectivity index (χ0n) is 15.8. The first-order valence-electron chi connectivity index (χ1n) is 9.12. The van der Waals surface area contributed by atoms with Crippen molar-refractivity contribution in [1.29, 1.82) is 0 Å². The molecule has 0 radical (unpaired) electrons. The Morgan fingerprint density at radius 2 is 1.48 bits per heavy atom. The third-order valence-electron chi connectivity index (χ3n) is 4.08. The van der Waals surface area contributed by atoms with Gasteiger partial charge in [-0.2, -0.15) is 0 Å². The lowest BCUT2D eigenvalue weighted by Crippen LogP contribution is -2.35. The van der Waals surface area contributed by atoms with Crippen molar-refractivity contribution in [2.24, 2.45) is 0 Å². The van der Waals surface area contributed by atoms with Crippen molar-refractivity contribution in [3.05, 3.63) is 84.3 Å². The summed E-state index contributed by atoms with van der Waals surface area (Å²) >= 11 is 0. The summed E-state index contributed by atoms with van der Waals surface area (Å²) in [4.78, 5) is 36.3. The number of amides is 3. The normalized spacial score (nSPS) is 11.3. The van der Waals surface area contributed by atoms with Crippen LogP contribution < -0.4 is 16.0 Å². The summed E-state index contributed by atoms with van der Waals surface area (Å²) in [7, 11) is 0. The Kier molecular flexibility index (Phi) is 6.42. The lowest BCUT2D eigenvalue weighted by molar-refractivity contribution is -0.116. The monoisotopic (exact) mass is 391 g/mol. The van der Waals surface area contributed by atoms with Gasteiger partial charge >= 0.3 is 0 Å². The molecule has 0 saturated heterocycles. The van der Waals surface area contributed by atoms with Crippen LogP contribution >= 0.6 is 0 Å². The van der Waals surface area contributed by atoms with Crippen LogP contribution in [0.4, 0.5) is 11.4 Å². The zero-order chi connectivity index (χ0) is 20.6. The molecule has 29 heavy (non-hydrogen) atoms. The smallest absolute Gasteiger partial charge is 0.291 e. The van der Waals surface area contributed by atoms with Crippen LogP contribution in [0.5, 0.6) is 0 Å². The highest BCUT2D eigenvalue weighted by molar-refractivity contribution is 6.02. The van der Waals surface area contributed by atoms with Crippen molar-refractivity contribution in [3.8, 4) is 0 Å². The molecule has 3 aromatic rings. The van der Waals surface area contributed by atoms with E-state index < -0.39 is 0 Å². The third-order valence-corrected chi connectivity index (χ3v) is 4.08. The van der Waals surface area contributed by atoms with E-state index in [1.165, 1.54) is 6.26 Å². The first-order valence-corrected chi connectivity index (χ1v) is 9.12. The van der Waals surface area contributed by atoms with Gasteiger partial charge < -0.3 is 20.4 Å². The molecule has 0 spiro atoms. The molecule has 1 unspecified atom stereocenters. The number of carbonyl (C=O) groups is 3. The molecule has 0 saturated carbocycles. The molecule has 1 aromatic heterocycles. The number of anilines is 2. The average Bonchev–Trinajstić information content (AvgIpc) is 3.25. The molecule has 1 heterocycles. The first-order chi connectivity index (χ1) is 14.0. The molecule has 148 valence electrons. The molecule has 0 bridgehead atoms. The van der Waals surface area contributed by atoms with Gasteiger partial charge in [0.15, 0.2) is 5.76 Å². The first kappa shape index (κ1) is 19.9. The Hall–Kier alpha value is -3.87. The Labute approximate surface area is 168 Å². The van der Waals surface area contributed by atoms with Crippen LogP contribution in [0.3, 0.4) is 0 Å². The van der Waals surface area contributed by atoms with Gasteiger partial charge in [-0.15, -0.1) is 0 Å². The van der Waals surface area contributed by atoms with E-state index in [4.69, 9.17) is 4.42 Å². The fraction of sp³-hybridized carbons (Fsp3) is 0.136. The average molecular weight is 391 g/mol. The fourth-order valence-electron chi connectivity index (χ4n) is 2.68. The molecule has 2 aromatic carbocycles. The van der Waals surface area contributed by atoms with Crippen molar-refractivity contribution in [3.63, 3.8) is 0 Å². The molecular formula is C22H21N3O4. The van der Waals surface area contributed by atoms with E-state index in [1.54, 1.807) is 67.6 Å². The maximum absolute atomic E-state index is 12.2. The van der Waals surface area contributed by atoms with E-state index in [9.17, 15) is 14.4 Å². The molecule has 0 fully saturated rings. The van der Waals surface area contributed by atoms with Gasteiger partial charge in [0.05, 0.1) is 6.26 Å². The summed E-state index contributed by atoms with van der Waals surface area (Å²) in [5.41, 5.74) is 1.72. The Morgan fingerprint density at radius 3 is 2.10 bits per heavy atom. The lowest BCUT2D eigenvalue weighted by Gasteiger charge is -2.14. The van der Waals surface area contributed by atoms with Gasteiger partial charge in [-0.1, -0.05) is 18.2 Å². The van der Waals surface area contributed by atoms with Crippen molar-refractivity contribution < 1.29 is 18.8 Å². The zero-order valence-corrected chi connectivity index (χ0v) is 15.8. The number of furan rings is 1. The topological polar surface area (TPSA) is 100 Å². The number of rotatable bonds is 7. The van der Waals surface area contributed by atoms with E-state index in [0.29, 0.717) is 16.9 Å². The number of carbonyl (C=O) groups excluding carboxylic acids is 3. The number of benzene rings is 2. The molecule has 7 nitrogen and oxygen atoms in total. The maximum Gasteiger partial charge on any atom is 0.291 e. The van der Waals surface area contributed by atoms with Crippen molar-refractivity contribution in [2.75, 3.05) is 10.6 Å². The highest BCUT2D eigenvalue weighted by Crippen LogP contribution is 2.15. The SMILES string of the molecule is CC(CC(=O)Nc1ccc(NC(=O)c2ccco2)cc1)NC(=O)c1ccccc1. The minimum Gasteiger partial charge on any atom is -0.459 e. The summed E-state index contributed by atoms with van der Waals surface area (Å²) in [6.45, 7) is 1.77. The standard InChI is InChI=1S/C22H21N3O4/c1-15(23-21(27)16-6-3-2-4-7-16)14-20(26)24-17-9-11-18(12-10-17)25-22(28)19-8-5-13-29-19/h2-13,15H,14H2,1H3,(H,23,27)(H,24,26)(H,25,28). The van der Waals surface area contributed by atoms with Gasteiger partial charge in [0.1, 0.15) is 0 Å². The highest BCUT2D eigenvalue weighted by Gasteiger charge is 2.13. The van der Waals surface area contributed by atoms with E-state index in [1.807, 2.05) is 6.07 Å². The van der Waals surface area contributed by atoms with Gasteiger partial charge in [0, 0.05) is 29.4 Å². The van der Waals surface area contributed by atoms with Crippen LogP contribution in [0.1, 0.15) is 34.3 Å². The van der Waals surface area contributed by atoms with Gasteiger partial charge in [0.25, 0.3) is 11.8 Å². The second-order valence-electron chi connectivity index (χ2n) is 6.50. The van der Waals surface area contributed by atoms with Gasteiger partial charge in [0.2, 0.25) is 5.91 Å². The molecule has 0 aliphatic rings. The van der Waals surface area contributed by atoms with Crippen LogP contribution in [0, 0.1) is 0 Å². The summed E-state index contributed by atoms with van der Waals surface area (Å²) in [6, 6.07) is 18.4. The van der Waals surface area contributed by atoms with Crippen molar-refractivity contribution >= 4 is 29.1 Å². The maximum atomic E-state index is 12.2. The molecular weight excluding hydrogens is 370 g/mol. The third kappa shape index (κ3) is 5.80. The summed E-state index contributed by atoms with van der Waals surface area (Å²) in [5, 5.41) is 8.27.